The van der Waals surface area contributed by atoms with Crippen LogP contribution in [-0.2, 0) is 22.9 Å². The molecule has 0 saturated carbocycles. The van der Waals surface area contributed by atoms with Gasteiger partial charge in [-0.1, -0.05) is 6.92 Å². The molecule has 0 aliphatic rings. The maximum atomic E-state index is 11.2. The van der Waals surface area contributed by atoms with E-state index in [1.54, 1.807) is 6.92 Å². The topological polar surface area (TPSA) is 85.7 Å². The predicted octanol–water partition coefficient (Wildman–Crippen LogP) is 0.284. The fraction of sp³-hybridized carbons (Fsp3) is 0.714. The van der Waals surface area contributed by atoms with Crippen LogP contribution in [0.3, 0.4) is 0 Å². The molecule has 0 atom stereocenters. The number of isocyanates is 1. The SMILES string of the molecule is CCC(=O)[Si](OC)(OC)OC.N=C=O. The van der Waals surface area contributed by atoms with Gasteiger partial charge < -0.3 is 13.3 Å². The Morgan fingerprint density at radius 2 is 1.57 bits per heavy atom. The third-order valence-electron chi connectivity index (χ3n) is 1.47. The standard InChI is InChI=1S/C6H14O4Si.CHNO/c1-5-6(7)11(8-2,9-3)10-4;2-1-3/h5H2,1-4H3;2H. The van der Waals surface area contributed by atoms with Crippen LogP contribution in [0.5, 0.6) is 0 Å². The molecule has 0 spiro atoms. The zero-order chi connectivity index (χ0) is 11.6. The van der Waals surface area contributed by atoms with Gasteiger partial charge in [-0.2, -0.15) is 0 Å². The van der Waals surface area contributed by atoms with Crippen molar-refractivity contribution < 1.29 is 22.9 Å². The summed E-state index contributed by atoms with van der Waals surface area (Å²) in [6.07, 6.45) is 1.13. The summed E-state index contributed by atoms with van der Waals surface area (Å²) in [5, 5.41) is 5.31. The lowest BCUT2D eigenvalue weighted by atomic mass is 10.6. The Kier molecular flexibility index (Phi) is 9.74. The van der Waals surface area contributed by atoms with Gasteiger partial charge in [-0.25, -0.2) is 10.2 Å². The van der Waals surface area contributed by atoms with Crippen LogP contribution in [0.4, 0.5) is 0 Å². The molecule has 0 saturated heterocycles. The van der Waals surface area contributed by atoms with Crippen molar-refractivity contribution in [2.24, 2.45) is 0 Å². The van der Waals surface area contributed by atoms with Crippen LogP contribution in [0.15, 0.2) is 0 Å². The maximum Gasteiger partial charge on any atom is 0.573 e. The third-order valence-corrected chi connectivity index (χ3v) is 4.12. The van der Waals surface area contributed by atoms with Crippen molar-refractivity contribution in [3.05, 3.63) is 0 Å². The van der Waals surface area contributed by atoms with E-state index in [1.807, 2.05) is 0 Å². The van der Waals surface area contributed by atoms with E-state index in [4.69, 9.17) is 23.5 Å². The summed E-state index contributed by atoms with van der Waals surface area (Å²) in [6, 6.07) is 0. The molecule has 0 radical (unpaired) electrons. The molecule has 0 aromatic heterocycles. The summed E-state index contributed by atoms with van der Waals surface area (Å²) in [6.45, 7) is 1.75. The molecule has 0 unspecified atom stereocenters. The average Bonchev–Trinajstić information content (AvgIpc) is 2.22. The summed E-state index contributed by atoms with van der Waals surface area (Å²) in [5.41, 5.74) is 0. The highest BCUT2D eigenvalue weighted by atomic mass is 28.4. The van der Waals surface area contributed by atoms with E-state index in [0.29, 0.717) is 6.42 Å². The van der Waals surface area contributed by atoms with E-state index in [1.165, 1.54) is 21.3 Å². The minimum atomic E-state index is -2.96. The molecule has 82 valence electrons. The molecule has 0 aliphatic carbocycles. The third kappa shape index (κ3) is 4.40. The molecule has 7 heteroatoms. The summed E-state index contributed by atoms with van der Waals surface area (Å²) in [5.74, 6) is 0. The fourth-order valence-corrected chi connectivity index (χ4v) is 2.42. The molecule has 1 N–H and O–H groups in total. The van der Waals surface area contributed by atoms with Gasteiger partial charge in [0.25, 0.3) is 0 Å². The summed E-state index contributed by atoms with van der Waals surface area (Å²) >= 11 is 0. The monoisotopic (exact) mass is 221 g/mol. The van der Waals surface area contributed by atoms with Crippen LogP contribution in [0.1, 0.15) is 13.3 Å². The summed E-state index contributed by atoms with van der Waals surface area (Å²) < 4.78 is 14.8. The van der Waals surface area contributed by atoms with E-state index in [9.17, 15) is 4.79 Å². The molecular weight excluding hydrogens is 206 g/mol. The molecular formula is C7H15NO5Si. The van der Waals surface area contributed by atoms with Crippen molar-refractivity contribution in [2.75, 3.05) is 21.3 Å². The van der Waals surface area contributed by atoms with Crippen molar-refractivity contribution in [3.63, 3.8) is 0 Å². The lowest BCUT2D eigenvalue weighted by Crippen LogP contribution is -2.51. The normalized spacial score (nSPS) is 9.71. The smallest absolute Gasteiger partial charge is 0.372 e. The summed E-state index contributed by atoms with van der Waals surface area (Å²) in [4.78, 5) is 19.6. The van der Waals surface area contributed by atoms with Crippen LogP contribution in [0.25, 0.3) is 0 Å². The highest BCUT2D eigenvalue weighted by molar-refractivity contribution is 6.92. The molecule has 0 aromatic carbocycles. The van der Waals surface area contributed by atoms with E-state index in [2.05, 4.69) is 0 Å². The Bertz CT molecular complexity index is 190. The van der Waals surface area contributed by atoms with Gasteiger partial charge in [-0.3, -0.25) is 4.79 Å². The van der Waals surface area contributed by atoms with Gasteiger partial charge in [0.1, 0.15) is 0 Å². The average molecular weight is 221 g/mol. The van der Waals surface area contributed by atoms with E-state index < -0.39 is 8.80 Å². The first kappa shape index (κ1) is 15.6. The van der Waals surface area contributed by atoms with Gasteiger partial charge in [-0.15, -0.1) is 0 Å². The molecule has 0 aliphatic heterocycles. The highest BCUT2D eigenvalue weighted by Gasteiger charge is 2.46. The molecule has 6 nitrogen and oxygen atoms in total. The Morgan fingerprint density at radius 3 is 1.64 bits per heavy atom. The predicted molar refractivity (Wildman–Crippen MR) is 50.5 cm³/mol. The largest absolute Gasteiger partial charge is 0.573 e. The van der Waals surface area contributed by atoms with Crippen molar-refractivity contribution in [1.29, 1.82) is 5.41 Å². The molecule has 0 fully saturated rings. The first-order valence-corrected chi connectivity index (χ1v) is 5.53. The zero-order valence-corrected chi connectivity index (χ0v) is 9.75. The first-order valence-electron chi connectivity index (χ1n) is 3.81. The second-order valence-electron chi connectivity index (χ2n) is 2.05. The van der Waals surface area contributed by atoms with Gasteiger partial charge in [0.05, 0.1) is 0 Å². The highest BCUT2D eigenvalue weighted by Crippen LogP contribution is 2.08. The van der Waals surface area contributed by atoms with Crippen molar-refractivity contribution in [3.8, 4) is 0 Å². The second-order valence-corrected chi connectivity index (χ2v) is 4.94. The molecule has 0 rings (SSSR count). The Balaban J connectivity index is 0. The van der Waals surface area contributed by atoms with Crippen LogP contribution in [-0.4, -0.2) is 41.6 Å². The molecule has 0 heterocycles. The van der Waals surface area contributed by atoms with Gasteiger partial charge >= 0.3 is 8.80 Å². The van der Waals surface area contributed by atoms with Crippen LogP contribution < -0.4 is 0 Å². The number of carbonyl (C=O) groups is 1. The number of nitrogens with one attached hydrogen (secondary N) is 1. The van der Waals surface area contributed by atoms with Crippen LogP contribution >= 0.6 is 0 Å². The minimum absolute atomic E-state index is 0.0926. The lowest BCUT2D eigenvalue weighted by molar-refractivity contribution is -0.118. The summed E-state index contributed by atoms with van der Waals surface area (Å²) in [7, 11) is 1.31. The van der Waals surface area contributed by atoms with E-state index in [-0.39, 0.29) is 5.41 Å². The van der Waals surface area contributed by atoms with Crippen LogP contribution in [0.2, 0.25) is 0 Å². The minimum Gasteiger partial charge on any atom is -0.372 e. The molecule has 0 bridgehead atoms. The fourth-order valence-electron chi connectivity index (χ4n) is 0.808. The van der Waals surface area contributed by atoms with Crippen molar-refractivity contribution in [2.45, 2.75) is 13.3 Å². The van der Waals surface area contributed by atoms with Gasteiger partial charge in [-0.05, 0) is 0 Å². The van der Waals surface area contributed by atoms with Gasteiger partial charge in [0.2, 0.25) is 11.5 Å². The quantitative estimate of drug-likeness (QED) is 0.409. The molecule has 0 amide bonds. The van der Waals surface area contributed by atoms with E-state index >= 15 is 0 Å². The van der Waals surface area contributed by atoms with E-state index in [0.717, 1.165) is 6.08 Å². The van der Waals surface area contributed by atoms with Crippen molar-refractivity contribution >= 4 is 20.3 Å². The number of rotatable bonds is 5. The number of carbonyl (C=O) groups excluding carboxylic acids is 2. The number of hydrogen-bond acceptors (Lipinski definition) is 6. The van der Waals surface area contributed by atoms with Gasteiger partial charge in [0, 0.05) is 27.8 Å². The zero-order valence-electron chi connectivity index (χ0n) is 8.75. The maximum absolute atomic E-state index is 11.2. The van der Waals surface area contributed by atoms with Crippen molar-refractivity contribution in [1.82, 2.24) is 0 Å². The van der Waals surface area contributed by atoms with Crippen LogP contribution in [0, 0.1) is 5.41 Å². The Morgan fingerprint density at radius 1 is 1.29 bits per heavy atom. The van der Waals surface area contributed by atoms with Gasteiger partial charge in [0.15, 0.2) is 0 Å². The molecule has 0 aromatic rings. The molecule has 14 heavy (non-hydrogen) atoms. The number of hydrogen-bond donors (Lipinski definition) is 1. The lowest BCUT2D eigenvalue weighted by Gasteiger charge is -2.21. The second kappa shape index (κ2) is 8.73. The Labute approximate surface area is 84.0 Å². The first-order chi connectivity index (χ1) is 6.58. The Hall–Kier alpha value is -0.853.